The Hall–Kier alpha value is -1.37. The molecule has 0 aliphatic heterocycles. The van der Waals surface area contributed by atoms with Crippen LogP contribution in [-0.4, -0.2) is 31.5 Å². The molecule has 1 rings (SSSR count). The average Bonchev–Trinajstić information content (AvgIpc) is 3.33. The van der Waals surface area contributed by atoms with Crippen LogP contribution in [0.4, 0.5) is 0 Å². The van der Waals surface area contributed by atoms with Crippen LogP contribution in [-0.2, 0) is 19.6 Å². The summed E-state index contributed by atoms with van der Waals surface area (Å²) in [4.78, 5) is 24.5. The molecule has 2 amide bonds. The number of hydrogen-bond donors (Lipinski definition) is 2. The zero-order chi connectivity index (χ0) is 17.6. The summed E-state index contributed by atoms with van der Waals surface area (Å²) in [7, 11) is -3.63. The van der Waals surface area contributed by atoms with E-state index in [-0.39, 0.29) is 17.7 Å². The number of unbranched alkanes of at least 4 members (excludes halogenated alkanes) is 1. The highest BCUT2D eigenvalue weighted by Gasteiger charge is 2.39. The van der Waals surface area contributed by atoms with Crippen molar-refractivity contribution in [3.05, 3.63) is 12.7 Å². The van der Waals surface area contributed by atoms with E-state index in [1.807, 2.05) is 6.92 Å². The highest BCUT2D eigenvalue weighted by molar-refractivity contribution is 7.90. The molecule has 23 heavy (non-hydrogen) atoms. The van der Waals surface area contributed by atoms with Gasteiger partial charge >= 0.3 is 0 Å². The fourth-order valence-electron chi connectivity index (χ4n) is 2.17. The Morgan fingerprint density at radius 3 is 2.35 bits per heavy atom. The number of amides is 2. The molecule has 0 aromatic heterocycles. The lowest BCUT2D eigenvalue weighted by atomic mass is 9.98. The van der Waals surface area contributed by atoms with Crippen LogP contribution < -0.4 is 10.0 Å². The Balaban J connectivity index is 2.73. The maximum atomic E-state index is 12.3. The summed E-state index contributed by atoms with van der Waals surface area (Å²) in [6, 6.07) is -0.933. The number of carbonyl (C=O) groups excluding carboxylic acids is 2. The van der Waals surface area contributed by atoms with Crippen LogP contribution in [0, 0.1) is 11.8 Å². The van der Waals surface area contributed by atoms with Crippen LogP contribution in [0.25, 0.3) is 0 Å². The van der Waals surface area contributed by atoms with Crippen LogP contribution in [0.15, 0.2) is 12.7 Å². The number of sulfonamides is 1. The van der Waals surface area contributed by atoms with Gasteiger partial charge in [-0.15, -0.1) is 6.58 Å². The maximum absolute atomic E-state index is 12.3. The zero-order valence-corrected chi connectivity index (χ0v) is 15.0. The van der Waals surface area contributed by atoms with E-state index in [2.05, 4.69) is 16.6 Å². The first-order chi connectivity index (χ1) is 10.7. The molecule has 0 aromatic carbocycles. The number of carbonyl (C=O) groups is 2. The molecule has 0 aromatic rings. The van der Waals surface area contributed by atoms with Crippen molar-refractivity contribution in [2.24, 2.45) is 11.8 Å². The highest BCUT2D eigenvalue weighted by atomic mass is 32.2. The van der Waals surface area contributed by atoms with Gasteiger partial charge in [-0.1, -0.05) is 39.7 Å². The molecule has 6 nitrogen and oxygen atoms in total. The van der Waals surface area contributed by atoms with E-state index >= 15 is 0 Å². The van der Waals surface area contributed by atoms with Crippen molar-refractivity contribution >= 4 is 21.8 Å². The summed E-state index contributed by atoms with van der Waals surface area (Å²) in [5, 5.41) is 2.19. The molecular weight excluding hydrogens is 316 g/mol. The van der Waals surface area contributed by atoms with Gasteiger partial charge in [0.2, 0.25) is 15.9 Å². The van der Waals surface area contributed by atoms with Gasteiger partial charge in [-0.2, -0.15) is 0 Å². The Bertz CT molecular complexity index is 540. The molecular formula is C16H28N2O4S. The first kappa shape index (κ1) is 19.7. The smallest absolute Gasteiger partial charge is 0.256 e. The molecule has 132 valence electrons. The number of nitrogens with one attached hydrogen (secondary N) is 2. The summed E-state index contributed by atoms with van der Waals surface area (Å²) in [5.41, 5.74) is 0. The predicted octanol–water partition coefficient (Wildman–Crippen LogP) is 1.73. The van der Waals surface area contributed by atoms with Crippen molar-refractivity contribution in [2.75, 3.05) is 0 Å². The summed E-state index contributed by atoms with van der Waals surface area (Å²) < 4.78 is 25.9. The van der Waals surface area contributed by atoms with E-state index in [9.17, 15) is 18.0 Å². The lowest BCUT2D eigenvalue weighted by Crippen LogP contribution is -2.52. The van der Waals surface area contributed by atoms with E-state index in [1.165, 1.54) is 6.08 Å². The molecule has 1 aliphatic rings. The highest BCUT2D eigenvalue weighted by Crippen LogP contribution is 2.27. The van der Waals surface area contributed by atoms with Crippen molar-refractivity contribution in [3.63, 3.8) is 0 Å². The van der Waals surface area contributed by atoms with Crippen molar-refractivity contribution in [1.82, 2.24) is 10.0 Å². The molecule has 7 heteroatoms. The van der Waals surface area contributed by atoms with Crippen molar-refractivity contribution in [2.45, 2.75) is 64.2 Å². The zero-order valence-electron chi connectivity index (χ0n) is 14.2. The summed E-state index contributed by atoms with van der Waals surface area (Å²) in [5.74, 6) is -1.52. The summed E-state index contributed by atoms with van der Waals surface area (Å²) in [6.07, 6.45) is 5.34. The van der Waals surface area contributed by atoms with Crippen molar-refractivity contribution in [3.8, 4) is 0 Å². The Morgan fingerprint density at radius 2 is 1.87 bits per heavy atom. The Morgan fingerprint density at radius 1 is 1.26 bits per heavy atom. The molecule has 0 radical (unpaired) electrons. The summed E-state index contributed by atoms with van der Waals surface area (Å²) >= 11 is 0. The molecule has 1 fully saturated rings. The van der Waals surface area contributed by atoms with E-state index in [1.54, 1.807) is 13.8 Å². The van der Waals surface area contributed by atoms with Gasteiger partial charge in [0.15, 0.2) is 0 Å². The second kappa shape index (κ2) is 8.47. The minimum Gasteiger partial charge on any atom is -0.343 e. The SMILES string of the molecule is C=C[C@H](C)C(NC(=O)C(C)CCCC)C(=O)NS(=O)(=O)C1CC1. The van der Waals surface area contributed by atoms with E-state index in [0.29, 0.717) is 12.8 Å². The topological polar surface area (TPSA) is 92.3 Å². The van der Waals surface area contributed by atoms with E-state index < -0.39 is 27.2 Å². The van der Waals surface area contributed by atoms with Gasteiger partial charge in [0.1, 0.15) is 6.04 Å². The summed E-state index contributed by atoms with van der Waals surface area (Å²) in [6.45, 7) is 9.20. The number of rotatable bonds is 10. The fraction of sp³-hybridized carbons (Fsp3) is 0.750. The lowest BCUT2D eigenvalue weighted by molar-refractivity contribution is -0.130. The van der Waals surface area contributed by atoms with Crippen LogP contribution >= 0.6 is 0 Å². The van der Waals surface area contributed by atoms with Crippen LogP contribution in [0.5, 0.6) is 0 Å². The fourth-order valence-corrected chi connectivity index (χ4v) is 3.50. The second-order valence-corrected chi connectivity index (χ2v) is 8.30. The van der Waals surface area contributed by atoms with E-state index in [0.717, 1.165) is 19.3 Å². The standard InChI is InChI=1S/C16H28N2O4S/c1-5-7-8-12(4)15(19)17-14(11(3)6-2)16(20)18-23(21,22)13-9-10-13/h6,11-14H,2,5,7-10H2,1,3-4H3,(H,17,19)(H,18,20)/t11-,12?,14?/m0/s1. The third-order valence-electron chi connectivity index (χ3n) is 4.12. The van der Waals surface area contributed by atoms with Crippen LogP contribution in [0.3, 0.4) is 0 Å². The largest absolute Gasteiger partial charge is 0.343 e. The maximum Gasteiger partial charge on any atom is 0.256 e. The van der Waals surface area contributed by atoms with Gasteiger partial charge in [-0.3, -0.25) is 14.3 Å². The quantitative estimate of drug-likeness (QED) is 0.590. The molecule has 2 N–H and O–H groups in total. The normalized spacial score (nSPS) is 18.6. The third-order valence-corrected chi connectivity index (χ3v) is 5.96. The Kier molecular flexibility index (Phi) is 7.25. The molecule has 0 spiro atoms. The van der Waals surface area contributed by atoms with Gasteiger partial charge in [0.25, 0.3) is 5.91 Å². The second-order valence-electron chi connectivity index (χ2n) is 6.34. The minimum absolute atomic E-state index is 0.220. The first-order valence-corrected chi connectivity index (χ1v) is 9.76. The number of hydrogen-bond acceptors (Lipinski definition) is 4. The predicted molar refractivity (Wildman–Crippen MR) is 90.1 cm³/mol. The van der Waals surface area contributed by atoms with Gasteiger partial charge in [0.05, 0.1) is 5.25 Å². The monoisotopic (exact) mass is 344 g/mol. The molecule has 3 atom stereocenters. The molecule has 0 saturated heterocycles. The van der Waals surface area contributed by atoms with Gasteiger partial charge in [0, 0.05) is 11.8 Å². The van der Waals surface area contributed by atoms with Gasteiger partial charge < -0.3 is 5.32 Å². The molecule has 0 heterocycles. The average molecular weight is 344 g/mol. The molecule has 2 unspecified atom stereocenters. The van der Waals surface area contributed by atoms with Gasteiger partial charge in [-0.05, 0) is 19.3 Å². The molecule has 0 bridgehead atoms. The minimum atomic E-state index is -3.63. The Labute approximate surface area is 139 Å². The van der Waals surface area contributed by atoms with Crippen LogP contribution in [0.2, 0.25) is 0 Å². The van der Waals surface area contributed by atoms with Gasteiger partial charge in [-0.25, -0.2) is 8.42 Å². The molecule has 1 saturated carbocycles. The van der Waals surface area contributed by atoms with Crippen LogP contribution in [0.1, 0.15) is 52.9 Å². The van der Waals surface area contributed by atoms with E-state index in [4.69, 9.17) is 0 Å². The van der Waals surface area contributed by atoms with Crippen molar-refractivity contribution in [1.29, 1.82) is 0 Å². The first-order valence-electron chi connectivity index (χ1n) is 8.21. The van der Waals surface area contributed by atoms with Crippen molar-refractivity contribution < 1.29 is 18.0 Å². The molecule has 1 aliphatic carbocycles. The third kappa shape index (κ3) is 5.97. The lowest BCUT2D eigenvalue weighted by Gasteiger charge is -2.24.